The third-order valence-electron chi connectivity index (χ3n) is 2.28. The van der Waals surface area contributed by atoms with Crippen molar-refractivity contribution in [1.82, 2.24) is 9.97 Å². The monoisotopic (exact) mass is 206 g/mol. The topological polar surface area (TPSA) is 84.8 Å². The number of anilines is 1. The molecule has 0 unspecified atom stereocenters. The van der Waals surface area contributed by atoms with Gasteiger partial charge < -0.3 is 10.5 Å². The number of rotatable bonds is 2. The van der Waals surface area contributed by atoms with E-state index >= 15 is 0 Å². The molecule has 0 aliphatic rings. The van der Waals surface area contributed by atoms with Crippen LogP contribution in [0.3, 0.4) is 0 Å². The number of ether oxygens (including phenoxy) is 1. The van der Waals surface area contributed by atoms with Crippen LogP contribution in [0.4, 0.5) is 5.82 Å². The maximum atomic E-state index is 8.81. The minimum Gasteiger partial charge on any atom is -0.382 e. The maximum absolute atomic E-state index is 8.81. The molecule has 80 valence electrons. The molecule has 1 rings (SSSR count). The summed E-state index contributed by atoms with van der Waals surface area (Å²) in [6, 6.07) is 1.97. The molecule has 0 fully saturated rings. The fraction of sp³-hybridized carbons (Fsp3) is 0.500. The highest BCUT2D eigenvalue weighted by atomic mass is 16.5. The van der Waals surface area contributed by atoms with Crippen LogP contribution in [0, 0.1) is 18.3 Å². The van der Waals surface area contributed by atoms with Crippen LogP contribution in [0.5, 0.6) is 0 Å². The molecule has 0 aliphatic heterocycles. The Labute approximate surface area is 88.9 Å². The van der Waals surface area contributed by atoms with Crippen molar-refractivity contribution < 1.29 is 4.74 Å². The third kappa shape index (κ3) is 2.05. The van der Waals surface area contributed by atoms with Gasteiger partial charge in [0.25, 0.3) is 0 Å². The second-order valence-electron chi connectivity index (χ2n) is 3.72. The van der Waals surface area contributed by atoms with Gasteiger partial charge in [0.05, 0.1) is 5.69 Å². The SMILES string of the molecule is COC(C)(C)c1nc(C)c(C#N)c(N)n1. The number of aryl methyl sites for hydroxylation is 1. The van der Waals surface area contributed by atoms with Crippen molar-refractivity contribution in [1.29, 1.82) is 5.26 Å². The second kappa shape index (κ2) is 3.83. The first-order valence-corrected chi connectivity index (χ1v) is 4.52. The van der Waals surface area contributed by atoms with Gasteiger partial charge >= 0.3 is 0 Å². The molecular formula is C10H14N4O. The van der Waals surface area contributed by atoms with Crippen molar-refractivity contribution in [3.63, 3.8) is 0 Å². The van der Waals surface area contributed by atoms with E-state index in [0.717, 1.165) is 0 Å². The molecule has 0 aliphatic carbocycles. The molecule has 0 amide bonds. The molecule has 0 radical (unpaired) electrons. The van der Waals surface area contributed by atoms with Crippen molar-refractivity contribution in [3.8, 4) is 6.07 Å². The van der Waals surface area contributed by atoms with Crippen LogP contribution in [0.15, 0.2) is 0 Å². The average Bonchev–Trinajstić information content (AvgIpc) is 2.17. The summed E-state index contributed by atoms with van der Waals surface area (Å²) in [5.74, 6) is 0.684. The van der Waals surface area contributed by atoms with Crippen molar-refractivity contribution in [2.45, 2.75) is 26.4 Å². The summed E-state index contributed by atoms with van der Waals surface area (Å²) >= 11 is 0. The highest BCUT2D eigenvalue weighted by molar-refractivity contribution is 5.50. The number of hydrogen-bond acceptors (Lipinski definition) is 5. The molecule has 0 aromatic carbocycles. The van der Waals surface area contributed by atoms with E-state index in [2.05, 4.69) is 9.97 Å². The van der Waals surface area contributed by atoms with Crippen molar-refractivity contribution in [3.05, 3.63) is 17.1 Å². The zero-order valence-corrected chi connectivity index (χ0v) is 9.33. The average molecular weight is 206 g/mol. The molecule has 0 spiro atoms. The summed E-state index contributed by atoms with van der Waals surface area (Å²) < 4.78 is 5.24. The highest BCUT2D eigenvalue weighted by Crippen LogP contribution is 2.22. The highest BCUT2D eigenvalue weighted by Gasteiger charge is 2.24. The minimum atomic E-state index is -0.604. The van der Waals surface area contributed by atoms with Gasteiger partial charge in [0, 0.05) is 7.11 Å². The smallest absolute Gasteiger partial charge is 0.162 e. The molecule has 2 N–H and O–H groups in total. The second-order valence-corrected chi connectivity index (χ2v) is 3.72. The van der Waals surface area contributed by atoms with Crippen LogP contribution >= 0.6 is 0 Å². The lowest BCUT2D eigenvalue weighted by Crippen LogP contribution is -2.24. The zero-order chi connectivity index (χ0) is 11.6. The van der Waals surface area contributed by atoms with E-state index in [1.54, 1.807) is 14.0 Å². The van der Waals surface area contributed by atoms with Crippen LogP contribution in [0.25, 0.3) is 0 Å². The molecule has 1 aromatic rings. The third-order valence-corrected chi connectivity index (χ3v) is 2.28. The summed E-state index contributed by atoms with van der Waals surface area (Å²) in [6.07, 6.45) is 0. The van der Waals surface area contributed by atoms with E-state index in [-0.39, 0.29) is 5.82 Å². The summed E-state index contributed by atoms with van der Waals surface area (Å²) in [5.41, 5.74) is 5.95. The number of nitriles is 1. The van der Waals surface area contributed by atoms with E-state index in [9.17, 15) is 0 Å². The Balaban J connectivity index is 3.34. The van der Waals surface area contributed by atoms with Gasteiger partial charge in [-0.15, -0.1) is 0 Å². The predicted octanol–water partition coefficient (Wildman–Crippen LogP) is 1.12. The molecule has 5 heteroatoms. The number of aromatic nitrogens is 2. The Kier molecular flexibility index (Phi) is 2.91. The Morgan fingerprint density at radius 2 is 2.00 bits per heavy atom. The van der Waals surface area contributed by atoms with Crippen LogP contribution in [0.1, 0.15) is 30.9 Å². The molecule has 0 atom stereocenters. The van der Waals surface area contributed by atoms with E-state index in [1.165, 1.54) is 0 Å². The van der Waals surface area contributed by atoms with Gasteiger partial charge in [-0.2, -0.15) is 5.26 Å². The van der Waals surface area contributed by atoms with E-state index in [4.69, 9.17) is 15.7 Å². The molecule has 0 saturated heterocycles. The molecule has 1 aromatic heterocycles. The van der Waals surface area contributed by atoms with Gasteiger partial charge in [-0.1, -0.05) is 0 Å². The Hall–Kier alpha value is -1.67. The minimum absolute atomic E-state index is 0.199. The summed E-state index contributed by atoms with van der Waals surface area (Å²) in [4.78, 5) is 8.28. The number of nitrogen functional groups attached to an aromatic ring is 1. The normalized spacial score (nSPS) is 11.1. The standard InChI is InChI=1S/C10H14N4O/c1-6-7(5-11)8(12)14-9(13-6)10(2,3)15-4/h1-4H3,(H2,12,13,14). The predicted molar refractivity (Wildman–Crippen MR) is 55.9 cm³/mol. The van der Waals surface area contributed by atoms with Gasteiger partial charge in [0.2, 0.25) is 0 Å². The van der Waals surface area contributed by atoms with Gasteiger partial charge in [-0.25, -0.2) is 9.97 Å². The number of hydrogen-bond donors (Lipinski definition) is 1. The van der Waals surface area contributed by atoms with Crippen LogP contribution < -0.4 is 5.73 Å². The largest absolute Gasteiger partial charge is 0.382 e. The fourth-order valence-corrected chi connectivity index (χ4v) is 1.09. The first-order chi connectivity index (χ1) is 6.92. The zero-order valence-electron chi connectivity index (χ0n) is 9.33. The number of nitrogens with two attached hydrogens (primary N) is 1. The lowest BCUT2D eigenvalue weighted by molar-refractivity contribution is 0.0114. The quantitative estimate of drug-likeness (QED) is 0.783. The first-order valence-electron chi connectivity index (χ1n) is 4.52. The molecule has 15 heavy (non-hydrogen) atoms. The van der Waals surface area contributed by atoms with Gasteiger partial charge in [-0.05, 0) is 20.8 Å². The van der Waals surface area contributed by atoms with Crippen molar-refractivity contribution in [2.24, 2.45) is 0 Å². The summed E-state index contributed by atoms with van der Waals surface area (Å²) in [7, 11) is 1.58. The Morgan fingerprint density at radius 3 is 2.40 bits per heavy atom. The van der Waals surface area contributed by atoms with Crippen LogP contribution in [-0.2, 0) is 10.3 Å². The van der Waals surface area contributed by atoms with E-state index in [1.807, 2.05) is 19.9 Å². The van der Waals surface area contributed by atoms with Crippen LogP contribution in [0.2, 0.25) is 0 Å². The summed E-state index contributed by atoms with van der Waals surface area (Å²) in [5, 5.41) is 8.81. The van der Waals surface area contributed by atoms with Gasteiger partial charge in [0.15, 0.2) is 5.82 Å². The molecule has 1 heterocycles. The van der Waals surface area contributed by atoms with Crippen LogP contribution in [-0.4, -0.2) is 17.1 Å². The lowest BCUT2D eigenvalue weighted by atomic mass is 10.1. The lowest BCUT2D eigenvalue weighted by Gasteiger charge is -2.21. The van der Waals surface area contributed by atoms with Crippen molar-refractivity contribution >= 4 is 5.82 Å². The number of methoxy groups -OCH3 is 1. The summed E-state index contributed by atoms with van der Waals surface area (Å²) in [6.45, 7) is 5.41. The maximum Gasteiger partial charge on any atom is 0.162 e. The Bertz CT molecular complexity index is 397. The van der Waals surface area contributed by atoms with E-state index in [0.29, 0.717) is 17.1 Å². The first kappa shape index (κ1) is 11.4. The molecular weight excluding hydrogens is 192 g/mol. The van der Waals surface area contributed by atoms with E-state index < -0.39 is 5.60 Å². The molecule has 0 saturated carbocycles. The molecule has 0 bridgehead atoms. The van der Waals surface area contributed by atoms with Crippen molar-refractivity contribution in [2.75, 3.05) is 12.8 Å². The Morgan fingerprint density at radius 1 is 1.40 bits per heavy atom. The van der Waals surface area contributed by atoms with Gasteiger partial charge in [0.1, 0.15) is 23.1 Å². The number of nitrogens with zero attached hydrogens (tertiary/aromatic N) is 3. The van der Waals surface area contributed by atoms with Gasteiger partial charge in [-0.3, -0.25) is 0 Å². The molecule has 5 nitrogen and oxygen atoms in total. The fourth-order valence-electron chi connectivity index (χ4n) is 1.09.